The normalized spacial score (nSPS) is 33.4. The van der Waals surface area contributed by atoms with Gasteiger partial charge in [0.05, 0.1) is 6.04 Å². The molecule has 2 aliphatic carbocycles. The summed E-state index contributed by atoms with van der Waals surface area (Å²) in [5.74, 6) is 0.277. The van der Waals surface area contributed by atoms with Crippen molar-refractivity contribution in [2.75, 3.05) is 6.54 Å². The van der Waals surface area contributed by atoms with Crippen molar-refractivity contribution in [3.05, 3.63) is 0 Å². The molecular weight excluding hydrogens is 281 g/mol. The molecule has 21 heavy (non-hydrogen) atoms. The minimum atomic E-state index is -4.31. The van der Waals surface area contributed by atoms with Crippen molar-refractivity contribution in [3.8, 4) is 0 Å². The maximum atomic E-state index is 12.7. The van der Waals surface area contributed by atoms with Crippen LogP contribution >= 0.6 is 0 Å². The molecule has 0 aromatic carbocycles. The molecule has 0 aromatic rings. The number of fused-ring (bicyclic) bond motifs is 1. The molecule has 3 unspecified atom stereocenters. The molecule has 3 fully saturated rings. The summed E-state index contributed by atoms with van der Waals surface area (Å²) in [5.41, 5.74) is 0. The van der Waals surface area contributed by atoms with Crippen molar-refractivity contribution in [2.24, 2.45) is 5.92 Å². The molecular formula is C15H23F3N2O. The molecule has 3 rings (SSSR count). The van der Waals surface area contributed by atoms with E-state index in [4.69, 9.17) is 0 Å². The van der Waals surface area contributed by atoms with Gasteiger partial charge in [-0.3, -0.25) is 4.79 Å². The highest BCUT2D eigenvalue weighted by Crippen LogP contribution is 2.35. The Bertz CT molecular complexity index is 395. The number of halogens is 3. The number of rotatable bonds is 3. The van der Waals surface area contributed by atoms with Gasteiger partial charge in [-0.05, 0) is 44.4 Å². The minimum Gasteiger partial charge on any atom is -0.329 e. The number of hydrogen-bond acceptors (Lipinski definition) is 2. The molecule has 0 bridgehead atoms. The third-order valence-corrected chi connectivity index (χ3v) is 5.07. The van der Waals surface area contributed by atoms with E-state index in [1.807, 2.05) is 0 Å². The van der Waals surface area contributed by atoms with Crippen LogP contribution in [0.3, 0.4) is 0 Å². The van der Waals surface area contributed by atoms with Gasteiger partial charge in [-0.2, -0.15) is 13.2 Å². The fourth-order valence-corrected chi connectivity index (χ4v) is 3.86. The quantitative estimate of drug-likeness (QED) is 0.869. The molecule has 3 atom stereocenters. The van der Waals surface area contributed by atoms with Gasteiger partial charge in [0, 0.05) is 12.1 Å². The zero-order valence-electron chi connectivity index (χ0n) is 12.2. The second kappa shape index (κ2) is 5.78. The van der Waals surface area contributed by atoms with Crippen LogP contribution in [-0.2, 0) is 4.79 Å². The average molecular weight is 304 g/mol. The van der Waals surface area contributed by atoms with Crippen molar-refractivity contribution in [2.45, 2.75) is 75.7 Å². The van der Waals surface area contributed by atoms with Crippen LogP contribution in [0.2, 0.25) is 0 Å². The smallest absolute Gasteiger partial charge is 0.329 e. The monoisotopic (exact) mass is 304 g/mol. The lowest BCUT2D eigenvalue weighted by Gasteiger charge is -2.41. The number of piperidine rings is 1. The lowest BCUT2D eigenvalue weighted by atomic mass is 9.77. The molecule has 1 saturated heterocycles. The van der Waals surface area contributed by atoms with Gasteiger partial charge in [-0.25, -0.2) is 0 Å². The van der Waals surface area contributed by atoms with E-state index < -0.39 is 18.8 Å². The molecule has 3 aliphatic rings. The Labute approximate surface area is 123 Å². The van der Waals surface area contributed by atoms with E-state index >= 15 is 0 Å². The fraction of sp³-hybridized carbons (Fsp3) is 0.933. The predicted molar refractivity (Wildman–Crippen MR) is 72.7 cm³/mol. The summed E-state index contributed by atoms with van der Waals surface area (Å²) < 4.78 is 38.0. The Kier molecular flexibility index (Phi) is 4.17. The van der Waals surface area contributed by atoms with Crippen LogP contribution in [0.25, 0.3) is 0 Å². The van der Waals surface area contributed by atoms with Crippen LogP contribution in [0.1, 0.15) is 51.4 Å². The number of carbonyl (C=O) groups is 1. The first-order valence-corrected chi connectivity index (χ1v) is 8.07. The number of nitrogens with zero attached hydrogens (tertiary/aromatic N) is 1. The first-order chi connectivity index (χ1) is 9.94. The van der Waals surface area contributed by atoms with Crippen LogP contribution in [0.4, 0.5) is 13.2 Å². The van der Waals surface area contributed by atoms with E-state index in [0.29, 0.717) is 31.2 Å². The maximum absolute atomic E-state index is 12.7. The Hall–Kier alpha value is -0.780. The second-order valence-corrected chi connectivity index (χ2v) is 6.76. The van der Waals surface area contributed by atoms with E-state index in [2.05, 4.69) is 5.32 Å². The first kappa shape index (κ1) is 15.1. The Morgan fingerprint density at radius 1 is 1.05 bits per heavy atom. The van der Waals surface area contributed by atoms with Crippen molar-refractivity contribution in [3.63, 3.8) is 0 Å². The van der Waals surface area contributed by atoms with Gasteiger partial charge in [0.25, 0.3) is 0 Å². The average Bonchev–Trinajstić information content (AvgIpc) is 3.27. The molecule has 0 spiro atoms. The van der Waals surface area contributed by atoms with Crippen LogP contribution in [0.5, 0.6) is 0 Å². The summed E-state index contributed by atoms with van der Waals surface area (Å²) >= 11 is 0. The van der Waals surface area contributed by atoms with E-state index in [1.54, 1.807) is 0 Å². The molecule has 6 heteroatoms. The summed E-state index contributed by atoms with van der Waals surface area (Å²) in [6, 6.07) is -0.273. The zero-order valence-corrected chi connectivity index (χ0v) is 12.2. The van der Waals surface area contributed by atoms with Gasteiger partial charge in [0.15, 0.2) is 0 Å². The SMILES string of the molecule is O=C(C1CCC2CCCCC2N1)N(CC(F)(F)F)C1CC1. The van der Waals surface area contributed by atoms with E-state index in [1.165, 1.54) is 12.8 Å². The lowest BCUT2D eigenvalue weighted by molar-refractivity contribution is -0.164. The molecule has 1 heterocycles. The standard InChI is InChI=1S/C15H23F3N2O/c16-15(17,18)9-20(11-6-7-11)14(21)13-8-5-10-3-1-2-4-12(10)19-13/h10-13,19H,1-9H2. The van der Waals surface area contributed by atoms with Crippen molar-refractivity contribution in [1.82, 2.24) is 10.2 Å². The van der Waals surface area contributed by atoms with Crippen LogP contribution in [0.15, 0.2) is 0 Å². The van der Waals surface area contributed by atoms with Gasteiger partial charge in [0.2, 0.25) is 5.91 Å². The van der Waals surface area contributed by atoms with Crippen LogP contribution < -0.4 is 5.32 Å². The van der Waals surface area contributed by atoms with Gasteiger partial charge in [-0.1, -0.05) is 12.8 Å². The van der Waals surface area contributed by atoms with Gasteiger partial charge in [0.1, 0.15) is 6.54 Å². The Balaban J connectivity index is 1.63. The number of alkyl halides is 3. The molecule has 0 aromatic heterocycles. The summed E-state index contributed by atoms with van der Waals surface area (Å²) in [6.07, 6.45) is 3.40. The highest BCUT2D eigenvalue weighted by atomic mass is 19.4. The van der Waals surface area contributed by atoms with E-state index in [-0.39, 0.29) is 11.9 Å². The summed E-state index contributed by atoms with van der Waals surface area (Å²) in [7, 11) is 0. The third kappa shape index (κ3) is 3.71. The minimum absolute atomic E-state index is 0.190. The molecule has 0 radical (unpaired) electrons. The van der Waals surface area contributed by atoms with Crippen molar-refractivity contribution in [1.29, 1.82) is 0 Å². The highest BCUT2D eigenvalue weighted by molar-refractivity contribution is 5.82. The molecule has 3 nitrogen and oxygen atoms in total. The second-order valence-electron chi connectivity index (χ2n) is 6.76. The molecule has 1 amide bonds. The molecule has 1 aliphatic heterocycles. The van der Waals surface area contributed by atoms with Crippen LogP contribution in [-0.4, -0.2) is 41.7 Å². The predicted octanol–water partition coefficient (Wildman–Crippen LogP) is 2.85. The first-order valence-electron chi connectivity index (χ1n) is 8.07. The number of hydrogen-bond donors (Lipinski definition) is 1. The van der Waals surface area contributed by atoms with Crippen LogP contribution in [0, 0.1) is 5.92 Å². The highest BCUT2D eigenvalue weighted by Gasteiger charge is 2.44. The van der Waals surface area contributed by atoms with Crippen molar-refractivity contribution >= 4 is 5.91 Å². The van der Waals surface area contributed by atoms with E-state index in [0.717, 1.165) is 24.2 Å². The Morgan fingerprint density at radius 3 is 2.43 bits per heavy atom. The topological polar surface area (TPSA) is 32.3 Å². The summed E-state index contributed by atoms with van der Waals surface area (Å²) in [5, 5.41) is 3.35. The van der Waals surface area contributed by atoms with Gasteiger partial charge < -0.3 is 10.2 Å². The van der Waals surface area contributed by atoms with Crippen molar-refractivity contribution < 1.29 is 18.0 Å². The summed E-state index contributed by atoms with van der Waals surface area (Å²) in [4.78, 5) is 13.6. The number of nitrogens with one attached hydrogen (secondary N) is 1. The zero-order chi connectivity index (χ0) is 15.0. The van der Waals surface area contributed by atoms with Gasteiger partial charge >= 0.3 is 6.18 Å². The molecule has 120 valence electrons. The maximum Gasteiger partial charge on any atom is 0.406 e. The Morgan fingerprint density at radius 2 is 1.76 bits per heavy atom. The van der Waals surface area contributed by atoms with E-state index in [9.17, 15) is 18.0 Å². The third-order valence-electron chi connectivity index (χ3n) is 5.07. The largest absolute Gasteiger partial charge is 0.406 e. The molecule has 1 N–H and O–H groups in total. The number of carbonyl (C=O) groups excluding carboxylic acids is 1. The molecule has 2 saturated carbocycles. The van der Waals surface area contributed by atoms with Gasteiger partial charge in [-0.15, -0.1) is 0 Å². The fourth-order valence-electron chi connectivity index (χ4n) is 3.86. The lowest BCUT2D eigenvalue weighted by Crippen LogP contribution is -2.57. The summed E-state index contributed by atoms with van der Waals surface area (Å²) in [6.45, 7) is -1.09. The number of amides is 1.